The number of hydrogen-bond donors (Lipinski definition) is 2. The fourth-order valence-corrected chi connectivity index (χ4v) is 2.46. The van der Waals surface area contributed by atoms with Crippen molar-refractivity contribution in [3.05, 3.63) is 0 Å². The van der Waals surface area contributed by atoms with Gasteiger partial charge in [0.05, 0.1) is 5.60 Å². The van der Waals surface area contributed by atoms with Gasteiger partial charge >= 0.3 is 0 Å². The molecule has 0 radical (unpaired) electrons. The highest BCUT2D eigenvalue weighted by atomic mass is 19.3. The minimum absolute atomic E-state index is 0.180. The molecule has 2 rings (SSSR count). The molecule has 2 fully saturated rings. The minimum atomic E-state index is -2.59. The van der Waals surface area contributed by atoms with Crippen molar-refractivity contribution >= 4 is 5.91 Å². The molecule has 0 saturated heterocycles. The van der Waals surface area contributed by atoms with Gasteiger partial charge in [-0.2, -0.15) is 0 Å². The van der Waals surface area contributed by atoms with Crippen LogP contribution in [0.15, 0.2) is 0 Å². The molecule has 0 aromatic rings. The maximum atomic E-state index is 12.9. The summed E-state index contributed by atoms with van der Waals surface area (Å²) >= 11 is 0. The molecular formula is C12H19F2NO2. The van der Waals surface area contributed by atoms with Gasteiger partial charge in [-0.1, -0.05) is 0 Å². The van der Waals surface area contributed by atoms with Crippen LogP contribution in [0.4, 0.5) is 8.78 Å². The lowest BCUT2D eigenvalue weighted by Crippen LogP contribution is -2.49. The van der Waals surface area contributed by atoms with E-state index in [0.717, 1.165) is 19.3 Å². The molecule has 3 nitrogen and oxygen atoms in total. The van der Waals surface area contributed by atoms with Gasteiger partial charge in [0.15, 0.2) is 0 Å². The summed E-state index contributed by atoms with van der Waals surface area (Å²) in [6.45, 7) is 0.263. The molecule has 1 amide bonds. The van der Waals surface area contributed by atoms with E-state index in [1.165, 1.54) is 0 Å². The predicted molar refractivity (Wildman–Crippen MR) is 58.7 cm³/mol. The van der Waals surface area contributed by atoms with Crippen molar-refractivity contribution in [3.8, 4) is 0 Å². The van der Waals surface area contributed by atoms with E-state index >= 15 is 0 Å². The molecule has 0 bridgehead atoms. The van der Waals surface area contributed by atoms with Crippen LogP contribution in [0.25, 0.3) is 0 Å². The van der Waals surface area contributed by atoms with Gasteiger partial charge in [0.1, 0.15) is 0 Å². The van der Waals surface area contributed by atoms with Gasteiger partial charge in [0.2, 0.25) is 11.8 Å². The van der Waals surface area contributed by atoms with Crippen LogP contribution >= 0.6 is 0 Å². The molecule has 0 aromatic heterocycles. The summed E-state index contributed by atoms with van der Waals surface area (Å²) in [6.07, 6.45) is 2.52. The highest BCUT2D eigenvalue weighted by molar-refractivity contribution is 5.78. The maximum Gasteiger partial charge on any atom is 0.248 e. The number of carbonyl (C=O) groups excluding carboxylic acids is 1. The predicted octanol–water partition coefficient (Wildman–Crippen LogP) is 1.84. The third-order valence-corrected chi connectivity index (χ3v) is 3.96. The second-order valence-corrected chi connectivity index (χ2v) is 5.43. The first kappa shape index (κ1) is 12.7. The van der Waals surface area contributed by atoms with Crippen molar-refractivity contribution in [1.29, 1.82) is 0 Å². The Balaban J connectivity index is 1.73. The zero-order valence-corrected chi connectivity index (χ0v) is 9.85. The normalized spacial score (nSPS) is 27.2. The zero-order valence-electron chi connectivity index (χ0n) is 9.85. The van der Waals surface area contributed by atoms with Crippen LogP contribution in [0.2, 0.25) is 0 Å². The molecule has 2 aliphatic rings. The monoisotopic (exact) mass is 247 g/mol. The van der Waals surface area contributed by atoms with Crippen LogP contribution < -0.4 is 5.32 Å². The second kappa shape index (κ2) is 4.52. The fourth-order valence-electron chi connectivity index (χ4n) is 2.46. The molecule has 0 spiro atoms. The van der Waals surface area contributed by atoms with Crippen molar-refractivity contribution in [2.75, 3.05) is 6.54 Å². The molecule has 0 aliphatic heterocycles. The number of aliphatic hydroxyl groups is 1. The third kappa shape index (κ3) is 3.15. The number of hydrogen-bond acceptors (Lipinski definition) is 2. The van der Waals surface area contributed by atoms with Crippen LogP contribution in [0.1, 0.15) is 44.9 Å². The molecule has 0 heterocycles. The van der Waals surface area contributed by atoms with Gasteiger partial charge in [-0.25, -0.2) is 8.78 Å². The maximum absolute atomic E-state index is 12.9. The number of halogens is 2. The van der Waals surface area contributed by atoms with E-state index < -0.39 is 11.5 Å². The van der Waals surface area contributed by atoms with Gasteiger partial charge in [-0.05, 0) is 32.1 Å². The topological polar surface area (TPSA) is 49.3 Å². The minimum Gasteiger partial charge on any atom is -0.388 e. The molecule has 98 valence electrons. The molecule has 2 aliphatic carbocycles. The van der Waals surface area contributed by atoms with Crippen molar-refractivity contribution in [1.82, 2.24) is 5.32 Å². The van der Waals surface area contributed by atoms with Gasteiger partial charge in [-0.3, -0.25) is 4.79 Å². The highest BCUT2D eigenvalue weighted by Gasteiger charge is 2.39. The Hall–Kier alpha value is -0.710. The Morgan fingerprint density at radius 1 is 1.24 bits per heavy atom. The molecular weight excluding hydrogens is 228 g/mol. The van der Waals surface area contributed by atoms with Gasteiger partial charge in [0.25, 0.3) is 0 Å². The summed E-state index contributed by atoms with van der Waals surface area (Å²) in [5.41, 5.74) is -0.742. The average Bonchev–Trinajstić information content (AvgIpc) is 2.23. The quantitative estimate of drug-likeness (QED) is 0.799. The smallest absolute Gasteiger partial charge is 0.248 e. The van der Waals surface area contributed by atoms with Crippen molar-refractivity contribution in [2.45, 2.75) is 56.5 Å². The van der Waals surface area contributed by atoms with Gasteiger partial charge < -0.3 is 10.4 Å². The molecule has 2 N–H and O–H groups in total. The highest BCUT2D eigenvalue weighted by Crippen LogP contribution is 2.36. The molecule has 0 unspecified atom stereocenters. The molecule has 0 atom stereocenters. The molecule has 0 aromatic carbocycles. The van der Waals surface area contributed by atoms with Crippen LogP contribution in [-0.2, 0) is 4.79 Å². The van der Waals surface area contributed by atoms with E-state index in [4.69, 9.17) is 0 Å². The van der Waals surface area contributed by atoms with E-state index in [1.807, 2.05) is 0 Å². The Bertz CT molecular complexity index is 293. The van der Waals surface area contributed by atoms with Crippen LogP contribution in [0.5, 0.6) is 0 Å². The van der Waals surface area contributed by atoms with Gasteiger partial charge in [-0.15, -0.1) is 0 Å². The molecule has 5 heteroatoms. The van der Waals surface area contributed by atoms with Crippen LogP contribution in [0, 0.1) is 5.92 Å². The first-order chi connectivity index (χ1) is 7.90. The van der Waals surface area contributed by atoms with Crippen molar-refractivity contribution in [2.24, 2.45) is 5.92 Å². The Labute approximate surface area is 99.6 Å². The summed E-state index contributed by atoms with van der Waals surface area (Å²) < 4.78 is 25.8. The number of rotatable bonds is 3. The molecule has 17 heavy (non-hydrogen) atoms. The third-order valence-electron chi connectivity index (χ3n) is 3.96. The second-order valence-electron chi connectivity index (χ2n) is 5.43. The van der Waals surface area contributed by atoms with E-state index in [0.29, 0.717) is 0 Å². The summed E-state index contributed by atoms with van der Waals surface area (Å²) in [4.78, 5) is 11.7. The number of alkyl halides is 2. The average molecular weight is 247 g/mol. The first-order valence-electron chi connectivity index (χ1n) is 6.28. The van der Waals surface area contributed by atoms with Crippen molar-refractivity contribution in [3.63, 3.8) is 0 Å². The van der Waals surface area contributed by atoms with E-state index in [-0.39, 0.29) is 44.1 Å². The lowest BCUT2D eigenvalue weighted by molar-refractivity contribution is -0.131. The largest absolute Gasteiger partial charge is 0.388 e. The fraction of sp³-hybridized carbons (Fsp3) is 0.917. The summed E-state index contributed by atoms with van der Waals surface area (Å²) in [7, 11) is 0. The lowest BCUT2D eigenvalue weighted by atomic mass is 9.80. The zero-order chi connectivity index (χ0) is 12.5. The van der Waals surface area contributed by atoms with E-state index in [1.54, 1.807) is 0 Å². The Kier molecular flexibility index (Phi) is 3.39. The van der Waals surface area contributed by atoms with E-state index in [2.05, 4.69) is 5.32 Å². The summed E-state index contributed by atoms with van der Waals surface area (Å²) in [5, 5.41) is 12.5. The SMILES string of the molecule is O=C(NCC1(O)CCC1)C1CCC(F)(F)CC1. The standard InChI is InChI=1S/C12H19F2NO2/c13-12(14)6-2-9(3-7-12)10(16)15-8-11(17)4-1-5-11/h9,17H,1-8H2,(H,15,16). The Morgan fingerprint density at radius 2 is 1.82 bits per heavy atom. The lowest BCUT2D eigenvalue weighted by Gasteiger charge is -2.37. The number of carbonyl (C=O) groups is 1. The van der Waals surface area contributed by atoms with Crippen LogP contribution in [-0.4, -0.2) is 29.1 Å². The number of amides is 1. The number of nitrogens with one attached hydrogen (secondary N) is 1. The van der Waals surface area contributed by atoms with Crippen LogP contribution in [0.3, 0.4) is 0 Å². The van der Waals surface area contributed by atoms with Gasteiger partial charge in [0, 0.05) is 25.3 Å². The summed E-state index contributed by atoms with van der Waals surface area (Å²) in [6, 6.07) is 0. The molecule has 2 saturated carbocycles. The first-order valence-corrected chi connectivity index (χ1v) is 6.28. The van der Waals surface area contributed by atoms with Crippen molar-refractivity contribution < 1.29 is 18.7 Å². The summed E-state index contributed by atoms with van der Waals surface area (Å²) in [5.74, 6) is -3.08. The Morgan fingerprint density at radius 3 is 2.29 bits per heavy atom. The van der Waals surface area contributed by atoms with E-state index in [9.17, 15) is 18.7 Å².